The molecule has 10 nitrogen and oxygen atoms in total. The zero-order chi connectivity index (χ0) is 27.8. The van der Waals surface area contributed by atoms with Crippen molar-refractivity contribution in [2.24, 2.45) is 0 Å². The lowest BCUT2D eigenvalue weighted by atomic mass is 10.1. The summed E-state index contributed by atoms with van der Waals surface area (Å²) in [5, 5.41) is 12.0. The minimum absolute atomic E-state index is 0.0897. The lowest BCUT2D eigenvalue weighted by Crippen LogP contribution is -2.35. The molecule has 2 aromatic carbocycles. The third kappa shape index (κ3) is 7.06. The van der Waals surface area contributed by atoms with Gasteiger partial charge in [0.05, 0.1) is 23.4 Å². The fraction of sp³-hybridized carbons (Fsp3) is 0.407. The lowest BCUT2D eigenvalue weighted by molar-refractivity contribution is -0.118. The first-order chi connectivity index (χ1) is 18.8. The van der Waals surface area contributed by atoms with Crippen molar-refractivity contribution in [2.75, 3.05) is 32.5 Å². The maximum absolute atomic E-state index is 13.0. The lowest BCUT2D eigenvalue weighted by Gasteiger charge is -2.25. The number of nitrogens with zero attached hydrogens (tertiary/aromatic N) is 4. The highest BCUT2D eigenvalue weighted by Gasteiger charge is 2.26. The summed E-state index contributed by atoms with van der Waals surface area (Å²) in [5.41, 5.74) is 1.18. The van der Waals surface area contributed by atoms with E-state index < -0.39 is 10.0 Å². The van der Waals surface area contributed by atoms with Gasteiger partial charge in [0.2, 0.25) is 15.9 Å². The average Bonchev–Trinajstić information content (AvgIpc) is 3.36. The number of benzene rings is 2. The quantitative estimate of drug-likeness (QED) is 0.199. The summed E-state index contributed by atoms with van der Waals surface area (Å²) >= 11 is 1.25. The smallest absolute Gasteiger partial charge is 0.243 e. The number of aryl methyl sites for hydroxylation is 1. The molecule has 1 N–H and O–H groups in total. The van der Waals surface area contributed by atoms with Crippen LogP contribution in [0.2, 0.25) is 0 Å². The molecule has 1 aliphatic rings. The van der Waals surface area contributed by atoms with E-state index in [1.165, 1.54) is 35.1 Å². The number of ether oxygens (including phenoxy) is 1. The largest absolute Gasteiger partial charge is 0.495 e. The normalized spacial score (nSPS) is 14.2. The molecule has 0 spiro atoms. The van der Waals surface area contributed by atoms with Crippen LogP contribution < -0.4 is 10.1 Å². The Hall–Kier alpha value is -3.22. The third-order valence-corrected chi connectivity index (χ3v) is 9.28. The van der Waals surface area contributed by atoms with Gasteiger partial charge in [-0.15, -0.1) is 10.2 Å². The molecule has 0 unspecified atom stereocenters. The molecule has 0 bridgehead atoms. The SMILES string of the molecule is COc1ccccc1-n1c(CCCNC(C)=O)nnc1SCC(=O)c1ccc(S(=O)(=O)N2CCCCC2)cc1. The highest BCUT2D eigenvalue weighted by atomic mass is 32.2. The number of carbonyl (C=O) groups excluding carboxylic acids is 2. The molecule has 0 saturated carbocycles. The molecule has 0 radical (unpaired) electrons. The van der Waals surface area contributed by atoms with E-state index in [1.54, 1.807) is 19.2 Å². The number of thioether (sulfide) groups is 1. The van der Waals surface area contributed by atoms with E-state index in [0.717, 1.165) is 24.9 Å². The van der Waals surface area contributed by atoms with Gasteiger partial charge < -0.3 is 10.1 Å². The Morgan fingerprint density at radius 3 is 2.44 bits per heavy atom. The Kier molecular flexibility index (Phi) is 9.76. The van der Waals surface area contributed by atoms with Crippen molar-refractivity contribution in [1.82, 2.24) is 24.4 Å². The fourth-order valence-electron chi connectivity index (χ4n) is 4.40. The maximum atomic E-state index is 13.0. The van der Waals surface area contributed by atoms with Gasteiger partial charge in [-0.2, -0.15) is 4.31 Å². The zero-order valence-electron chi connectivity index (χ0n) is 22.1. The molecule has 1 fully saturated rings. The zero-order valence-corrected chi connectivity index (χ0v) is 23.8. The number of rotatable bonds is 12. The van der Waals surface area contributed by atoms with Gasteiger partial charge in [-0.3, -0.25) is 14.2 Å². The summed E-state index contributed by atoms with van der Waals surface area (Å²) in [6, 6.07) is 13.6. The van der Waals surface area contributed by atoms with Gasteiger partial charge in [0.1, 0.15) is 11.6 Å². The van der Waals surface area contributed by atoms with Crippen LogP contribution in [0.15, 0.2) is 58.6 Å². The van der Waals surface area contributed by atoms with Crippen molar-refractivity contribution >= 4 is 33.5 Å². The van der Waals surface area contributed by atoms with E-state index in [-0.39, 0.29) is 22.3 Å². The summed E-state index contributed by atoms with van der Waals surface area (Å²) in [4.78, 5) is 24.4. The van der Waals surface area contributed by atoms with Crippen LogP contribution in [-0.4, -0.2) is 71.7 Å². The predicted molar refractivity (Wildman–Crippen MR) is 149 cm³/mol. The molecule has 1 aliphatic heterocycles. The summed E-state index contributed by atoms with van der Waals surface area (Å²) in [5.74, 6) is 1.18. The van der Waals surface area contributed by atoms with Crippen molar-refractivity contribution in [2.45, 2.75) is 49.1 Å². The third-order valence-electron chi connectivity index (χ3n) is 6.44. The van der Waals surface area contributed by atoms with Gasteiger partial charge in [-0.25, -0.2) is 8.42 Å². The Bertz CT molecular complexity index is 1400. The van der Waals surface area contributed by atoms with Crippen LogP contribution in [0, 0.1) is 0 Å². The Morgan fingerprint density at radius 1 is 1.03 bits per heavy atom. The molecule has 208 valence electrons. The Balaban J connectivity index is 1.49. The highest BCUT2D eigenvalue weighted by molar-refractivity contribution is 7.99. The molecular weight excluding hydrogens is 538 g/mol. The van der Waals surface area contributed by atoms with Crippen LogP contribution in [-0.2, 0) is 21.2 Å². The topological polar surface area (TPSA) is 123 Å². The van der Waals surface area contributed by atoms with Crippen LogP contribution in [0.3, 0.4) is 0 Å². The van der Waals surface area contributed by atoms with Crippen LogP contribution in [0.4, 0.5) is 0 Å². The molecule has 0 atom stereocenters. The van der Waals surface area contributed by atoms with E-state index in [0.29, 0.717) is 54.8 Å². The first-order valence-electron chi connectivity index (χ1n) is 12.9. The highest BCUT2D eigenvalue weighted by Crippen LogP contribution is 2.29. The van der Waals surface area contributed by atoms with Crippen molar-refractivity contribution < 1.29 is 22.7 Å². The number of para-hydroxylation sites is 2. The van der Waals surface area contributed by atoms with Gasteiger partial charge in [0.15, 0.2) is 10.9 Å². The van der Waals surface area contributed by atoms with Gasteiger partial charge in [0.25, 0.3) is 0 Å². The van der Waals surface area contributed by atoms with Crippen molar-refractivity contribution in [3.63, 3.8) is 0 Å². The van der Waals surface area contributed by atoms with Crippen LogP contribution in [0.1, 0.15) is 48.8 Å². The summed E-state index contributed by atoms with van der Waals surface area (Å²) in [7, 11) is -1.97. The Morgan fingerprint density at radius 2 is 1.74 bits per heavy atom. The molecular formula is C27H33N5O5S2. The molecule has 1 aromatic heterocycles. The van der Waals surface area contributed by atoms with E-state index in [4.69, 9.17) is 4.74 Å². The standard InChI is InChI=1S/C27H33N5O5S2/c1-20(33)28-16-8-11-26-29-30-27(32(26)23-9-4-5-10-25(23)37-2)38-19-24(34)21-12-14-22(15-13-21)39(35,36)31-17-6-3-7-18-31/h4-5,9-10,12-15H,3,6-8,11,16-19H2,1-2H3,(H,28,33). The fourth-order valence-corrected chi connectivity index (χ4v) is 6.78. The van der Waals surface area contributed by atoms with E-state index in [9.17, 15) is 18.0 Å². The second-order valence-corrected chi connectivity index (χ2v) is 12.1. The van der Waals surface area contributed by atoms with Crippen molar-refractivity contribution in [3.05, 3.63) is 59.9 Å². The van der Waals surface area contributed by atoms with Gasteiger partial charge in [-0.05, 0) is 43.5 Å². The van der Waals surface area contributed by atoms with Gasteiger partial charge >= 0.3 is 0 Å². The molecule has 0 aliphatic carbocycles. The molecule has 2 heterocycles. The average molecular weight is 572 g/mol. The molecule has 12 heteroatoms. The van der Waals surface area contributed by atoms with Gasteiger partial charge in [-0.1, -0.05) is 42.4 Å². The number of aromatic nitrogens is 3. The number of hydrogen-bond acceptors (Lipinski definition) is 8. The number of piperidine rings is 1. The summed E-state index contributed by atoms with van der Waals surface area (Å²) < 4.78 is 34.8. The first kappa shape index (κ1) is 28.8. The molecule has 39 heavy (non-hydrogen) atoms. The van der Waals surface area contributed by atoms with Gasteiger partial charge in [0, 0.05) is 38.5 Å². The number of carbonyl (C=O) groups is 2. The maximum Gasteiger partial charge on any atom is 0.243 e. The monoisotopic (exact) mass is 571 g/mol. The van der Waals surface area contributed by atoms with Crippen molar-refractivity contribution in [3.8, 4) is 11.4 Å². The molecule has 3 aromatic rings. The second-order valence-electron chi connectivity index (χ2n) is 9.19. The number of ketones is 1. The molecule has 4 rings (SSSR count). The number of Topliss-reactive ketones (excluding diaryl/α,β-unsaturated/α-hetero) is 1. The first-order valence-corrected chi connectivity index (χ1v) is 15.3. The number of amides is 1. The number of sulfonamides is 1. The molecule has 1 saturated heterocycles. The van der Waals surface area contributed by atoms with E-state index >= 15 is 0 Å². The van der Waals surface area contributed by atoms with E-state index in [1.807, 2.05) is 28.8 Å². The molecule has 1 amide bonds. The van der Waals surface area contributed by atoms with Crippen LogP contribution in [0.5, 0.6) is 5.75 Å². The second kappa shape index (κ2) is 13.2. The number of methoxy groups -OCH3 is 1. The minimum atomic E-state index is -3.55. The van der Waals surface area contributed by atoms with Crippen LogP contribution >= 0.6 is 11.8 Å². The summed E-state index contributed by atoms with van der Waals surface area (Å²) in [6.45, 7) is 3.05. The van der Waals surface area contributed by atoms with E-state index in [2.05, 4.69) is 15.5 Å². The van der Waals surface area contributed by atoms with Crippen LogP contribution in [0.25, 0.3) is 5.69 Å². The van der Waals surface area contributed by atoms with Crippen molar-refractivity contribution in [1.29, 1.82) is 0 Å². The minimum Gasteiger partial charge on any atom is -0.495 e. The number of nitrogens with one attached hydrogen (secondary N) is 1. The summed E-state index contributed by atoms with van der Waals surface area (Å²) in [6.07, 6.45) is 4.00. The Labute approximate surface area is 233 Å². The predicted octanol–water partition coefficient (Wildman–Crippen LogP) is 3.49. The number of hydrogen-bond donors (Lipinski definition) is 1.